The molecule has 0 radical (unpaired) electrons. The van der Waals surface area contributed by atoms with E-state index in [4.69, 9.17) is 5.73 Å². The number of amides is 1. The van der Waals surface area contributed by atoms with Crippen molar-refractivity contribution in [2.45, 2.75) is 46.2 Å². The Labute approximate surface area is 131 Å². The average Bonchev–Trinajstić information content (AvgIpc) is 2.40. The summed E-state index contributed by atoms with van der Waals surface area (Å²) in [6.45, 7) is 11.4. The van der Waals surface area contributed by atoms with Gasteiger partial charge in [0.25, 0.3) is 0 Å². The number of nitrogens with zero attached hydrogens (tertiary/aromatic N) is 3. The summed E-state index contributed by atoms with van der Waals surface area (Å²) >= 11 is 0. The number of anilines is 2. The summed E-state index contributed by atoms with van der Waals surface area (Å²) in [6, 6.07) is 3.80. The molecule has 6 nitrogen and oxygen atoms in total. The van der Waals surface area contributed by atoms with Crippen LogP contribution in [-0.2, 0) is 0 Å². The third-order valence-corrected chi connectivity index (χ3v) is 5.00. The highest BCUT2D eigenvalue weighted by molar-refractivity contribution is 5.67. The molecular weight excluding hydrogens is 280 g/mol. The molecule has 0 aromatic carbocycles. The van der Waals surface area contributed by atoms with Gasteiger partial charge < -0.3 is 15.7 Å². The zero-order valence-electron chi connectivity index (χ0n) is 14.0. The predicted octanol–water partition coefficient (Wildman–Crippen LogP) is 2.66. The number of pyridine rings is 1. The maximum atomic E-state index is 11.7. The molecule has 1 aromatic heterocycles. The lowest BCUT2D eigenvalue weighted by molar-refractivity contribution is -0.00133. The van der Waals surface area contributed by atoms with E-state index < -0.39 is 11.6 Å². The van der Waals surface area contributed by atoms with Gasteiger partial charge in [-0.1, -0.05) is 20.8 Å². The molecule has 1 aliphatic rings. The van der Waals surface area contributed by atoms with E-state index in [1.165, 1.54) is 0 Å². The van der Waals surface area contributed by atoms with Gasteiger partial charge in [0.05, 0.1) is 17.4 Å². The fourth-order valence-electron chi connectivity index (χ4n) is 2.98. The van der Waals surface area contributed by atoms with Crippen molar-refractivity contribution in [2.75, 3.05) is 23.7 Å². The van der Waals surface area contributed by atoms with Gasteiger partial charge in [0.2, 0.25) is 0 Å². The molecule has 0 spiro atoms. The summed E-state index contributed by atoms with van der Waals surface area (Å²) in [5.41, 5.74) is 5.95. The first-order valence-corrected chi connectivity index (χ1v) is 7.55. The molecule has 2 atom stereocenters. The predicted molar refractivity (Wildman–Crippen MR) is 88.0 cm³/mol. The number of piperazine rings is 1. The highest BCUT2D eigenvalue weighted by Gasteiger charge is 2.50. The van der Waals surface area contributed by atoms with E-state index in [-0.39, 0.29) is 11.5 Å². The molecule has 1 aromatic rings. The first kappa shape index (κ1) is 16.4. The van der Waals surface area contributed by atoms with Gasteiger partial charge in [-0.2, -0.15) is 0 Å². The van der Waals surface area contributed by atoms with E-state index >= 15 is 0 Å². The number of carbonyl (C=O) groups is 1. The molecule has 0 aliphatic carbocycles. The number of carboxylic acid groups (broad SMARTS) is 1. The van der Waals surface area contributed by atoms with Crippen LogP contribution in [0.4, 0.5) is 16.3 Å². The van der Waals surface area contributed by atoms with Crippen LogP contribution in [0.15, 0.2) is 18.3 Å². The normalized spacial score (nSPS) is 26.1. The maximum Gasteiger partial charge on any atom is 0.407 e. The van der Waals surface area contributed by atoms with Crippen LogP contribution in [0.3, 0.4) is 0 Å². The SMILES string of the molecule is C[C@H]1CN(C(=O)O)[C@](C)(C(C)(C)C)CN1c1ccc(N)nc1. The van der Waals surface area contributed by atoms with E-state index in [0.29, 0.717) is 18.9 Å². The lowest BCUT2D eigenvalue weighted by Gasteiger charge is -2.57. The second-order valence-electron chi connectivity index (χ2n) is 7.34. The molecule has 122 valence electrons. The Morgan fingerprint density at radius 1 is 1.45 bits per heavy atom. The summed E-state index contributed by atoms with van der Waals surface area (Å²) < 4.78 is 0. The van der Waals surface area contributed by atoms with Crippen LogP contribution >= 0.6 is 0 Å². The van der Waals surface area contributed by atoms with E-state index in [1.54, 1.807) is 17.2 Å². The van der Waals surface area contributed by atoms with Gasteiger partial charge in [0.15, 0.2) is 0 Å². The van der Waals surface area contributed by atoms with Gasteiger partial charge in [-0.15, -0.1) is 0 Å². The van der Waals surface area contributed by atoms with Gasteiger partial charge in [-0.05, 0) is 31.4 Å². The Bertz CT molecular complexity index is 552. The lowest BCUT2D eigenvalue weighted by Crippen LogP contribution is -2.70. The van der Waals surface area contributed by atoms with Crippen LogP contribution in [0.2, 0.25) is 0 Å². The zero-order valence-corrected chi connectivity index (χ0v) is 14.0. The highest BCUT2D eigenvalue weighted by Crippen LogP contribution is 2.40. The molecule has 1 amide bonds. The minimum atomic E-state index is -0.862. The molecule has 2 heterocycles. The number of aromatic nitrogens is 1. The van der Waals surface area contributed by atoms with Crippen LogP contribution in [-0.4, -0.2) is 45.8 Å². The van der Waals surface area contributed by atoms with Gasteiger partial charge in [-0.25, -0.2) is 9.78 Å². The Morgan fingerprint density at radius 3 is 2.55 bits per heavy atom. The molecule has 3 N–H and O–H groups in total. The smallest absolute Gasteiger partial charge is 0.407 e. The Morgan fingerprint density at radius 2 is 2.09 bits per heavy atom. The first-order valence-electron chi connectivity index (χ1n) is 7.55. The average molecular weight is 306 g/mol. The number of nitrogen functional groups attached to an aromatic ring is 1. The second-order valence-corrected chi connectivity index (χ2v) is 7.34. The monoisotopic (exact) mass is 306 g/mol. The van der Waals surface area contributed by atoms with Gasteiger partial charge in [-0.3, -0.25) is 4.90 Å². The molecule has 1 aliphatic heterocycles. The first-order chi connectivity index (χ1) is 10.1. The van der Waals surface area contributed by atoms with Crippen LogP contribution < -0.4 is 10.6 Å². The molecule has 0 saturated carbocycles. The minimum Gasteiger partial charge on any atom is -0.465 e. The summed E-state index contributed by atoms with van der Waals surface area (Å²) in [6.07, 6.45) is 0.894. The third-order valence-electron chi connectivity index (χ3n) is 5.00. The second kappa shape index (κ2) is 5.34. The topological polar surface area (TPSA) is 82.7 Å². The number of hydrogen-bond acceptors (Lipinski definition) is 4. The molecule has 1 saturated heterocycles. The van der Waals surface area contributed by atoms with Crippen molar-refractivity contribution < 1.29 is 9.90 Å². The maximum absolute atomic E-state index is 11.7. The van der Waals surface area contributed by atoms with E-state index in [0.717, 1.165) is 5.69 Å². The summed E-state index contributed by atoms with van der Waals surface area (Å²) in [5, 5.41) is 9.63. The number of hydrogen-bond donors (Lipinski definition) is 2. The van der Waals surface area contributed by atoms with Crippen molar-refractivity contribution in [1.29, 1.82) is 0 Å². The van der Waals surface area contributed by atoms with Crippen LogP contribution in [0.5, 0.6) is 0 Å². The lowest BCUT2D eigenvalue weighted by atomic mass is 9.71. The van der Waals surface area contributed by atoms with Crippen molar-refractivity contribution in [3.63, 3.8) is 0 Å². The zero-order chi connectivity index (χ0) is 16.7. The fraction of sp³-hybridized carbons (Fsp3) is 0.625. The van der Waals surface area contributed by atoms with E-state index in [2.05, 4.69) is 30.7 Å². The fourth-order valence-corrected chi connectivity index (χ4v) is 2.98. The van der Waals surface area contributed by atoms with Crippen molar-refractivity contribution in [3.8, 4) is 0 Å². The summed E-state index contributed by atoms with van der Waals surface area (Å²) in [5.74, 6) is 0.485. The highest BCUT2D eigenvalue weighted by atomic mass is 16.4. The van der Waals surface area contributed by atoms with Crippen LogP contribution in [0.1, 0.15) is 34.6 Å². The van der Waals surface area contributed by atoms with Crippen LogP contribution in [0, 0.1) is 5.41 Å². The third kappa shape index (κ3) is 2.69. The van der Waals surface area contributed by atoms with Crippen LogP contribution in [0.25, 0.3) is 0 Å². The molecular formula is C16H26N4O2. The molecule has 0 bridgehead atoms. The van der Waals surface area contributed by atoms with E-state index in [9.17, 15) is 9.90 Å². The minimum absolute atomic E-state index is 0.0805. The van der Waals surface area contributed by atoms with Gasteiger partial charge in [0.1, 0.15) is 5.82 Å². The summed E-state index contributed by atoms with van der Waals surface area (Å²) in [4.78, 5) is 19.7. The van der Waals surface area contributed by atoms with Crippen molar-refractivity contribution in [3.05, 3.63) is 18.3 Å². The Kier molecular flexibility index (Phi) is 3.98. The molecule has 0 unspecified atom stereocenters. The van der Waals surface area contributed by atoms with Crippen molar-refractivity contribution in [1.82, 2.24) is 9.88 Å². The largest absolute Gasteiger partial charge is 0.465 e. The van der Waals surface area contributed by atoms with Crippen molar-refractivity contribution >= 4 is 17.6 Å². The van der Waals surface area contributed by atoms with Crippen molar-refractivity contribution in [2.24, 2.45) is 5.41 Å². The number of nitrogens with two attached hydrogens (primary N) is 1. The summed E-state index contributed by atoms with van der Waals surface area (Å²) in [7, 11) is 0. The van der Waals surface area contributed by atoms with Gasteiger partial charge in [0, 0.05) is 19.1 Å². The standard InChI is InChI=1S/C16H26N4O2/c1-11-9-20(14(21)22)16(5,15(2,3)4)10-19(11)12-6-7-13(17)18-8-12/h6-8,11H,9-10H2,1-5H3,(H2,17,18)(H,21,22)/t11-,16-/m0/s1. The quantitative estimate of drug-likeness (QED) is 0.833. The Balaban J connectivity index is 2.40. The Hall–Kier alpha value is -1.98. The molecule has 1 fully saturated rings. The molecule has 6 heteroatoms. The molecule has 22 heavy (non-hydrogen) atoms. The molecule has 2 rings (SSSR count). The van der Waals surface area contributed by atoms with Gasteiger partial charge >= 0.3 is 6.09 Å². The number of rotatable bonds is 1. The van der Waals surface area contributed by atoms with E-state index in [1.807, 2.05) is 19.9 Å².